The second-order valence-electron chi connectivity index (χ2n) is 2.66. The van der Waals surface area contributed by atoms with E-state index in [1.807, 2.05) is 0 Å². The summed E-state index contributed by atoms with van der Waals surface area (Å²) in [4.78, 5) is 10.6. The van der Waals surface area contributed by atoms with Gasteiger partial charge in [-0.05, 0) is 12.8 Å². The topological polar surface area (TPSA) is 72.5 Å². The molecule has 3 N–H and O–H groups in total. The van der Waals surface area contributed by atoms with Gasteiger partial charge in [-0.2, -0.15) is 0 Å². The number of esters is 1. The molecular weight excluding hydrogens is 134 g/mol. The van der Waals surface area contributed by atoms with E-state index in [0.717, 1.165) is 0 Å². The van der Waals surface area contributed by atoms with Crippen LogP contribution in [0.5, 0.6) is 0 Å². The van der Waals surface area contributed by atoms with E-state index in [-0.39, 0.29) is 0 Å². The van der Waals surface area contributed by atoms with Gasteiger partial charge in [0.05, 0.1) is 12.6 Å². The normalized spacial score (nSPS) is 23.5. The molecule has 58 valence electrons. The lowest BCUT2D eigenvalue weighted by Gasteiger charge is -2.13. The Labute approximate surface area is 59.0 Å². The molecule has 4 heteroatoms. The van der Waals surface area contributed by atoms with Gasteiger partial charge in [0.1, 0.15) is 0 Å². The zero-order valence-electron chi connectivity index (χ0n) is 5.83. The first-order chi connectivity index (χ1) is 4.60. The number of carbonyl (C=O) groups is 1. The molecule has 0 spiro atoms. The van der Waals surface area contributed by atoms with Gasteiger partial charge in [0.15, 0.2) is 6.10 Å². The Bertz CT molecular complexity index is 153. The highest BCUT2D eigenvalue weighted by atomic mass is 16.5. The third-order valence-corrected chi connectivity index (χ3v) is 1.80. The van der Waals surface area contributed by atoms with Crippen LogP contribution in [0.15, 0.2) is 0 Å². The van der Waals surface area contributed by atoms with Gasteiger partial charge in [0.2, 0.25) is 0 Å². The summed E-state index contributed by atoms with van der Waals surface area (Å²) in [5, 5.41) is 9.12. The molecule has 0 aromatic heterocycles. The highest BCUT2D eigenvalue weighted by molar-refractivity contribution is 5.76. The van der Waals surface area contributed by atoms with Gasteiger partial charge in [-0.3, -0.25) is 0 Å². The molecule has 0 saturated heterocycles. The van der Waals surface area contributed by atoms with Crippen molar-refractivity contribution in [2.24, 2.45) is 5.73 Å². The van der Waals surface area contributed by atoms with Crippen LogP contribution in [-0.2, 0) is 9.53 Å². The fraction of sp³-hybridized carbons (Fsp3) is 0.833. The van der Waals surface area contributed by atoms with Gasteiger partial charge in [-0.15, -0.1) is 0 Å². The first-order valence-corrected chi connectivity index (χ1v) is 3.15. The summed E-state index contributed by atoms with van der Waals surface area (Å²) in [6, 6.07) is 0. The maximum absolute atomic E-state index is 10.6. The summed E-state index contributed by atoms with van der Waals surface area (Å²) in [6.07, 6.45) is 0.254. The molecule has 1 saturated carbocycles. The first kappa shape index (κ1) is 7.50. The predicted molar refractivity (Wildman–Crippen MR) is 34.2 cm³/mol. The summed E-state index contributed by atoms with van der Waals surface area (Å²) in [7, 11) is 1.23. The van der Waals surface area contributed by atoms with Gasteiger partial charge in [0.25, 0.3) is 0 Å². The summed E-state index contributed by atoms with van der Waals surface area (Å²) < 4.78 is 4.31. The summed E-state index contributed by atoms with van der Waals surface area (Å²) in [5.41, 5.74) is 4.83. The lowest BCUT2D eigenvalue weighted by Crippen LogP contribution is -2.43. The van der Waals surface area contributed by atoms with E-state index in [4.69, 9.17) is 10.8 Å². The predicted octanol–water partition coefficient (Wildman–Crippen LogP) is -0.988. The van der Waals surface area contributed by atoms with Crippen molar-refractivity contribution in [3.8, 4) is 0 Å². The van der Waals surface area contributed by atoms with Crippen LogP contribution in [0.2, 0.25) is 0 Å². The Hall–Kier alpha value is -0.610. The molecule has 1 atom stereocenters. The van der Waals surface area contributed by atoms with E-state index in [1.165, 1.54) is 7.11 Å². The number of hydrogen-bond donors (Lipinski definition) is 2. The molecule has 1 unspecified atom stereocenters. The number of rotatable bonds is 2. The van der Waals surface area contributed by atoms with Crippen molar-refractivity contribution in [2.45, 2.75) is 24.5 Å². The van der Waals surface area contributed by atoms with Gasteiger partial charge < -0.3 is 15.6 Å². The highest BCUT2D eigenvalue weighted by Gasteiger charge is 2.49. The third kappa shape index (κ3) is 1.12. The summed E-state index contributed by atoms with van der Waals surface area (Å²) in [6.45, 7) is 0. The molecule has 10 heavy (non-hydrogen) atoms. The van der Waals surface area contributed by atoms with E-state index in [2.05, 4.69) is 4.74 Å². The average molecular weight is 145 g/mol. The van der Waals surface area contributed by atoms with Gasteiger partial charge in [0, 0.05) is 0 Å². The Morgan fingerprint density at radius 3 is 2.60 bits per heavy atom. The lowest BCUT2D eigenvalue weighted by atomic mass is 10.1. The van der Waals surface area contributed by atoms with Crippen molar-refractivity contribution in [3.05, 3.63) is 0 Å². The van der Waals surface area contributed by atoms with Crippen molar-refractivity contribution in [2.75, 3.05) is 7.11 Å². The molecule has 0 aromatic rings. The van der Waals surface area contributed by atoms with E-state index < -0.39 is 17.6 Å². The fourth-order valence-corrected chi connectivity index (χ4v) is 0.764. The molecule has 1 rings (SSSR count). The number of nitrogens with two attached hydrogens (primary N) is 1. The number of carbonyl (C=O) groups excluding carboxylic acids is 1. The second kappa shape index (κ2) is 2.21. The van der Waals surface area contributed by atoms with Crippen molar-refractivity contribution < 1.29 is 14.6 Å². The number of aliphatic hydroxyl groups excluding tert-OH is 1. The first-order valence-electron chi connectivity index (χ1n) is 3.15. The van der Waals surface area contributed by atoms with Crippen LogP contribution in [0.4, 0.5) is 0 Å². The lowest BCUT2D eigenvalue weighted by molar-refractivity contribution is -0.152. The minimum absolute atomic E-state index is 0.639. The van der Waals surface area contributed by atoms with Crippen LogP contribution in [-0.4, -0.2) is 29.8 Å². The molecule has 0 amide bonds. The second-order valence-corrected chi connectivity index (χ2v) is 2.66. The number of methoxy groups -OCH3 is 1. The monoisotopic (exact) mass is 145 g/mol. The SMILES string of the molecule is COC(=O)C(O)C1(N)CC1. The quantitative estimate of drug-likeness (QED) is 0.489. The molecule has 1 fully saturated rings. The van der Waals surface area contributed by atoms with Crippen LogP contribution in [0.3, 0.4) is 0 Å². The van der Waals surface area contributed by atoms with Crippen molar-refractivity contribution in [1.29, 1.82) is 0 Å². The Balaban J connectivity index is 2.48. The average Bonchev–Trinajstić information content (AvgIpc) is 2.66. The molecule has 1 aliphatic carbocycles. The molecular formula is C6H11NO3. The van der Waals surface area contributed by atoms with E-state index in [9.17, 15) is 4.79 Å². The van der Waals surface area contributed by atoms with Crippen molar-refractivity contribution in [1.82, 2.24) is 0 Å². The molecule has 1 aliphatic rings. The number of hydrogen-bond acceptors (Lipinski definition) is 4. The third-order valence-electron chi connectivity index (χ3n) is 1.80. The Kier molecular flexibility index (Phi) is 1.66. The van der Waals surface area contributed by atoms with Crippen LogP contribution >= 0.6 is 0 Å². The smallest absolute Gasteiger partial charge is 0.336 e. The largest absolute Gasteiger partial charge is 0.467 e. The van der Waals surface area contributed by atoms with Gasteiger partial charge in [-0.1, -0.05) is 0 Å². The minimum Gasteiger partial charge on any atom is -0.467 e. The number of aliphatic hydroxyl groups is 1. The van der Waals surface area contributed by atoms with E-state index in [1.54, 1.807) is 0 Å². The van der Waals surface area contributed by atoms with Crippen LogP contribution in [0.25, 0.3) is 0 Å². The van der Waals surface area contributed by atoms with Crippen LogP contribution in [0.1, 0.15) is 12.8 Å². The van der Waals surface area contributed by atoms with Gasteiger partial charge in [-0.25, -0.2) is 4.79 Å². The molecule has 0 radical (unpaired) electrons. The molecule has 0 aliphatic heterocycles. The van der Waals surface area contributed by atoms with Crippen LogP contribution in [0, 0.1) is 0 Å². The standard InChI is InChI=1S/C6H11NO3/c1-10-5(9)4(8)6(7)2-3-6/h4,8H,2-3,7H2,1H3. The molecule has 4 nitrogen and oxygen atoms in total. The summed E-state index contributed by atoms with van der Waals surface area (Å²) in [5.74, 6) is -0.639. The molecule has 0 heterocycles. The van der Waals surface area contributed by atoms with E-state index >= 15 is 0 Å². The molecule has 0 bridgehead atoms. The Morgan fingerprint density at radius 2 is 2.30 bits per heavy atom. The molecule has 0 aromatic carbocycles. The van der Waals surface area contributed by atoms with Crippen molar-refractivity contribution >= 4 is 5.97 Å². The van der Waals surface area contributed by atoms with Crippen LogP contribution < -0.4 is 5.73 Å². The minimum atomic E-state index is -1.14. The van der Waals surface area contributed by atoms with Crippen molar-refractivity contribution in [3.63, 3.8) is 0 Å². The zero-order chi connectivity index (χ0) is 7.78. The number of ether oxygens (including phenoxy) is 1. The maximum Gasteiger partial charge on any atom is 0.336 e. The maximum atomic E-state index is 10.6. The zero-order valence-corrected chi connectivity index (χ0v) is 5.83. The van der Waals surface area contributed by atoms with Gasteiger partial charge >= 0.3 is 5.97 Å². The highest BCUT2D eigenvalue weighted by Crippen LogP contribution is 2.35. The van der Waals surface area contributed by atoms with E-state index in [0.29, 0.717) is 12.8 Å². The summed E-state index contributed by atoms with van der Waals surface area (Å²) >= 11 is 0. The fourth-order valence-electron chi connectivity index (χ4n) is 0.764. The Morgan fingerprint density at radius 1 is 1.80 bits per heavy atom.